The standard InChI is InChI=1S/C24H17FO5/c1-2-28-16-11-12-18-21(14-16)29-22(23(18)26)13-15-7-3-6-10-20(15)30-24(27)17-8-4-5-9-19(17)25/h3-14H,2H2,1H3/b22-13-. The summed E-state index contributed by atoms with van der Waals surface area (Å²) in [5, 5.41) is 0. The summed E-state index contributed by atoms with van der Waals surface area (Å²) in [7, 11) is 0. The first-order valence-corrected chi connectivity index (χ1v) is 9.33. The van der Waals surface area contributed by atoms with Gasteiger partial charge in [-0.3, -0.25) is 4.79 Å². The molecule has 0 unspecified atom stereocenters. The normalized spacial score (nSPS) is 13.7. The molecule has 0 fully saturated rings. The molecule has 5 nitrogen and oxygen atoms in total. The molecule has 150 valence electrons. The summed E-state index contributed by atoms with van der Waals surface area (Å²) in [6.45, 7) is 2.36. The number of fused-ring (bicyclic) bond motifs is 1. The summed E-state index contributed by atoms with van der Waals surface area (Å²) in [5.41, 5.74) is 0.693. The average Bonchev–Trinajstić information content (AvgIpc) is 3.05. The van der Waals surface area contributed by atoms with Crippen LogP contribution in [0.2, 0.25) is 0 Å². The van der Waals surface area contributed by atoms with Crippen LogP contribution in [0.15, 0.2) is 72.5 Å². The number of benzene rings is 3. The number of allylic oxidation sites excluding steroid dienone is 1. The SMILES string of the molecule is CCOc1ccc2c(c1)O/C(=C\c1ccccc1OC(=O)c1ccccc1F)C2=O. The van der Waals surface area contributed by atoms with Gasteiger partial charge in [0.15, 0.2) is 5.76 Å². The Balaban J connectivity index is 1.61. The lowest BCUT2D eigenvalue weighted by Crippen LogP contribution is -2.11. The highest BCUT2D eigenvalue weighted by atomic mass is 19.1. The minimum atomic E-state index is -0.831. The van der Waals surface area contributed by atoms with E-state index in [1.807, 2.05) is 6.92 Å². The van der Waals surface area contributed by atoms with Crippen molar-refractivity contribution in [2.45, 2.75) is 6.92 Å². The number of halogens is 1. The molecule has 0 bridgehead atoms. The largest absolute Gasteiger partial charge is 0.494 e. The molecule has 0 N–H and O–H groups in total. The van der Waals surface area contributed by atoms with Gasteiger partial charge in [0.2, 0.25) is 5.78 Å². The number of ketones is 1. The van der Waals surface area contributed by atoms with Crippen LogP contribution in [0.4, 0.5) is 4.39 Å². The highest BCUT2D eigenvalue weighted by molar-refractivity contribution is 6.14. The van der Waals surface area contributed by atoms with Crippen molar-refractivity contribution in [3.05, 3.63) is 95.0 Å². The van der Waals surface area contributed by atoms with Gasteiger partial charge in [-0.2, -0.15) is 0 Å². The third-order valence-corrected chi connectivity index (χ3v) is 4.45. The molecule has 0 saturated heterocycles. The smallest absolute Gasteiger partial charge is 0.346 e. The lowest BCUT2D eigenvalue weighted by atomic mass is 10.1. The Kier molecular flexibility index (Phi) is 5.30. The van der Waals surface area contributed by atoms with E-state index in [0.717, 1.165) is 0 Å². The first-order chi connectivity index (χ1) is 14.6. The van der Waals surface area contributed by atoms with Gasteiger partial charge in [-0.15, -0.1) is 0 Å². The van der Waals surface area contributed by atoms with E-state index in [1.54, 1.807) is 48.5 Å². The van der Waals surface area contributed by atoms with Crippen molar-refractivity contribution in [3.8, 4) is 17.2 Å². The number of para-hydroxylation sites is 1. The number of carbonyl (C=O) groups is 2. The van der Waals surface area contributed by atoms with Crippen LogP contribution in [0.5, 0.6) is 17.2 Å². The maximum Gasteiger partial charge on any atom is 0.346 e. The van der Waals surface area contributed by atoms with Crippen LogP contribution in [-0.4, -0.2) is 18.4 Å². The first kappa shape index (κ1) is 19.4. The molecule has 4 rings (SSSR count). The fraction of sp³-hybridized carbons (Fsp3) is 0.0833. The van der Waals surface area contributed by atoms with Crippen molar-refractivity contribution in [1.82, 2.24) is 0 Å². The second kappa shape index (κ2) is 8.21. The van der Waals surface area contributed by atoms with Crippen LogP contribution >= 0.6 is 0 Å². The van der Waals surface area contributed by atoms with Gasteiger partial charge in [-0.25, -0.2) is 9.18 Å². The van der Waals surface area contributed by atoms with Crippen molar-refractivity contribution in [2.75, 3.05) is 6.61 Å². The van der Waals surface area contributed by atoms with Gasteiger partial charge >= 0.3 is 5.97 Å². The van der Waals surface area contributed by atoms with Crippen molar-refractivity contribution in [3.63, 3.8) is 0 Å². The lowest BCUT2D eigenvalue weighted by Gasteiger charge is -2.08. The van der Waals surface area contributed by atoms with E-state index < -0.39 is 11.8 Å². The number of rotatable bonds is 5. The minimum Gasteiger partial charge on any atom is -0.494 e. The summed E-state index contributed by atoms with van der Waals surface area (Å²) < 4.78 is 30.4. The molecule has 0 radical (unpaired) electrons. The van der Waals surface area contributed by atoms with Gasteiger partial charge in [0.1, 0.15) is 23.1 Å². The predicted molar refractivity (Wildman–Crippen MR) is 108 cm³/mol. The number of hydrogen-bond donors (Lipinski definition) is 0. The fourth-order valence-electron chi connectivity index (χ4n) is 3.04. The molecule has 0 atom stereocenters. The zero-order valence-corrected chi connectivity index (χ0v) is 16.1. The third kappa shape index (κ3) is 3.80. The van der Waals surface area contributed by atoms with Gasteiger partial charge in [0.05, 0.1) is 17.7 Å². The van der Waals surface area contributed by atoms with Crippen molar-refractivity contribution >= 4 is 17.8 Å². The minimum absolute atomic E-state index is 0.0908. The topological polar surface area (TPSA) is 61.8 Å². The molecule has 0 spiro atoms. The number of carbonyl (C=O) groups excluding carboxylic acids is 2. The molecule has 0 saturated carbocycles. The van der Waals surface area contributed by atoms with E-state index >= 15 is 0 Å². The highest BCUT2D eigenvalue weighted by Gasteiger charge is 2.28. The molecular weight excluding hydrogens is 387 g/mol. The highest BCUT2D eigenvalue weighted by Crippen LogP contribution is 2.35. The van der Waals surface area contributed by atoms with Crippen LogP contribution in [0, 0.1) is 5.82 Å². The van der Waals surface area contributed by atoms with E-state index in [0.29, 0.717) is 29.2 Å². The Morgan fingerprint density at radius 1 is 1.07 bits per heavy atom. The number of esters is 1. The van der Waals surface area contributed by atoms with Crippen LogP contribution in [0.25, 0.3) is 6.08 Å². The second-order valence-electron chi connectivity index (χ2n) is 6.44. The number of ether oxygens (including phenoxy) is 3. The Bertz CT molecular complexity index is 1170. The van der Waals surface area contributed by atoms with Gasteiger partial charge in [-0.05, 0) is 43.3 Å². The number of Topliss-reactive ketones (excluding diaryl/α,β-unsaturated/α-hetero) is 1. The van der Waals surface area contributed by atoms with Gasteiger partial charge in [0.25, 0.3) is 0 Å². The molecule has 1 aliphatic heterocycles. The number of hydrogen-bond acceptors (Lipinski definition) is 5. The Morgan fingerprint density at radius 2 is 1.83 bits per heavy atom. The molecule has 1 aliphatic rings. The van der Waals surface area contributed by atoms with Crippen LogP contribution < -0.4 is 14.2 Å². The van der Waals surface area contributed by atoms with Crippen LogP contribution in [0.1, 0.15) is 33.2 Å². The van der Waals surface area contributed by atoms with E-state index in [4.69, 9.17) is 14.2 Å². The Labute approximate surface area is 172 Å². The summed E-state index contributed by atoms with van der Waals surface area (Å²) in [4.78, 5) is 25.0. The average molecular weight is 404 g/mol. The Morgan fingerprint density at radius 3 is 2.63 bits per heavy atom. The predicted octanol–water partition coefficient (Wildman–Crippen LogP) is 5.06. The van der Waals surface area contributed by atoms with Crippen LogP contribution in [-0.2, 0) is 0 Å². The van der Waals surface area contributed by atoms with E-state index in [9.17, 15) is 14.0 Å². The third-order valence-electron chi connectivity index (χ3n) is 4.45. The molecule has 0 aliphatic carbocycles. The molecule has 6 heteroatoms. The van der Waals surface area contributed by atoms with Crippen molar-refractivity contribution in [2.24, 2.45) is 0 Å². The molecule has 30 heavy (non-hydrogen) atoms. The zero-order valence-electron chi connectivity index (χ0n) is 16.1. The summed E-state index contributed by atoms with van der Waals surface area (Å²) in [6.07, 6.45) is 1.49. The molecule has 3 aromatic carbocycles. The van der Waals surface area contributed by atoms with E-state index in [2.05, 4.69) is 0 Å². The maximum atomic E-state index is 13.9. The van der Waals surface area contributed by atoms with Crippen LogP contribution in [0.3, 0.4) is 0 Å². The quantitative estimate of drug-likeness (QED) is 0.338. The van der Waals surface area contributed by atoms with E-state index in [1.165, 1.54) is 24.3 Å². The Hall–Kier alpha value is -3.93. The van der Waals surface area contributed by atoms with Gasteiger partial charge in [-0.1, -0.05) is 30.3 Å². The molecular formula is C24H17FO5. The lowest BCUT2D eigenvalue weighted by molar-refractivity contribution is 0.0729. The zero-order chi connectivity index (χ0) is 21.1. The first-order valence-electron chi connectivity index (χ1n) is 9.33. The summed E-state index contributed by atoms with van der Waals surface area (Å²) in [5.74, 6) is -0.519. The fourth-order valence-corrected chi connectivity index (χ4v) is 3.04. The van der Waals surface area contributed by atoms with Crippen molar-refractivity contribution < 1.29 is 28.2 Å². The summed E-state index contributed by atoms with van der Waals surface area (Å²) in [6, 6.07) is 17.2. The van der Waals surface area contributed by atoms with E-state index in [-0.39, 0.29) is 22.9 Å². The molecule has 0 aromatic heterocycles. The molecule has 0 amide bonds. The van der Waals surface area contributed by atoms with Crippen molar-refractivity contribution in [1.29, 1.82) is 0 Å². The monoisotopic (exact) mass is 404 g/mol. The van der Waals surface area contributed by atoms with Gasteiger partial charge < -0.3 is 14.2 Å². The molecule has 1 heterocycles. The maximum absolute atomic E-state index is 13.9. The van der Waals surface area contributed by atoms with Gasteiger partial charge in [0, 0.05) is 11.6 Å². The second-order valence-corrected chi connectivity index (χ2v) is 6.44. The molecule has 3 aromatic rings. The summed E-state index contributed by atoms with van der Waals surface area (Å²) >= 11 is 0.